The predicted octanol–water partition coefficient (Wildman–Crippen LogP) is 8.95. The average molecular weight is 587 g/mol. The second-order valence-electron chi connectivity index (χ2n) is 14.8. The largest absolute Gasteiger partial charge is 0.497 e. The summed E-state index contributed by atoms with van der Waals surface area (Å²) in [4.78, 5) is 0. The summed E-state index contributed by atoms with van der Waals surface area (Å²) in [5, 5.41) is 0. The molecule has 0 fully saturated rings. The van der Waals surface area contributed by atoms with E-state index in [0.29, 0.717) is 0 Å². The molecule has 0 aromatic heterocycles. The first kappa shape index (κ1) is 33.1. The van der Waals surface area contributed by atoms with Crippen LogP contribution < -0.4 is 9.47 Å². The van der Waals surface area contributed by atoms with Gasteiger partial charge in [0, 0.05) is 11.0 Å². The van der Waals surface area contributed by atoms with Crippen LogP contribution in [0.3, 0.4) is 0 Å². The van der Waals surface area contributed by atoms with Gasteiger partial charge in [0.25, 0.3) is 0 Å². The quantitative estimate of drug-likeness (QED) is 0.116. The van der Waals surface area contributed by atoms with Crippen molar-refractivity contribution in [3.05, 3.63) is 71.8 Å². The van der Waals surface area contributed by atoms with E-state index in [2.05, 4.69) is 90.8 Å². The van der Waals surface area contributed by atoms with Crippen LogP contribution in [0.4, 0.5) is 0 Å². The molecule has 0 heterocycles. The van der Waals surface area contributed by atoms with Gasteiger partial charge in [-0.2, -0.15) is 0 Å². The number of hydrogen-bond acceptors (Lipinski definition) is 2. The van der Waals surface area contributed by atoms with E-state index in [9.17, 15) is 0 Å². The lowest BCUT2D eigenvalue weighted by Crippen LogP contribution is -2.35. The van der Waals surface area contributed by atoms with Gasteiger partial charge in [-0.3, -0.25) is 0 Å². The third kappa shape index (κ3) is 8.42. The zero-order chi connectivity index (χ0) is 31.1. The molecule has 4 rings (SSSR count). The number of quaternary nitrogens is 2. The Morgan fingerprint density at radius 2 is 1.12 bits per heavy atom. The van der Waals surface area contributed by atoms with E-state index in [-0.39, 0.29) is 5.41 Å². The number of ether oxygens (including phenoxy) is 2. The number of nitrogens with zero attached hydrogens (tertiary/aromatic N) is 2. The summed E-state index contributed by atoms with van der Waals surface area (Å²) in [5.41, 5.74) is 8.24. The van der Waals surface area contributed by atoms with Crippen molar-refractivity contribution < 1.29 is 18.4 Å². The molecule has 4 heteroatoms. The van der Waals surface area contributed by atoms with Crippen molar-refractivity contribution in [2.24, 2.45) is 0 Å². The van der Waals surface area contributed by atoms with E-state index in [0.717, 1.165) is 26.0 Å². The first-order valence-electron chi connectivity index (χ1n) is 16.6. The van der Waals surface area contributed by atoms with Crippen LogP contribution >= 0.6 is 0 Å². The summed E-state index contributed by atoms with van der Waals surface area (Å²) in [7, 11) is 17.3. The molecule has 0 radical (unpaired) electrons. The third-order valence-corrected chi connectivity index (χ3v) is 9.35. The van der Waals surface area contributed by atoms with Gasteiger partial charge >= 0.3 is 0 Å². The van der Waals surface area contributed by atoms with Crippen LogP contribution in [-0.2, 0) is 5.41 Å². The van der Waals surface area contributed by atoms with Crippen LogP contribution in [0.5, 0.6) is 11.5 Å². The summed E-state index contributed by atoms with van der Waals surface area (Å²) in [5.74, 6) is 1.74. The lowest BCUT2D eigenvalue weighted by Gasteiger charge is -2.33. The van der Waals surface area contributed by atoms with Crippen LogP contribution in [0.25, 0.3) is 22.3 Å². The molecule has 3 aromatic rings. The molecule has 0 N–H and O–H groups in total. The fourth-order valence-electron chi connectivity index (χ4n) is 7.06. The number of fused-ring (bicyclic) bond motifs is 3. The molecule has 0 aliphatic heterocycles. The van der Waals surface area contributed by atoms with Crippen LogP contribution in [-0.4, -0.2) is 78.6 Å². The Labute approximate surface area is 262 Å². The molecule has 0 spiro atoms. The fraction of sp³-hybridized carbons (Fsp3) is 0.538. The molecule has 4 nitrogen and oxygen atoms in total. The van der Waals surface area contributed by atoms with E-state index in [1.807, 2.05) is 12.1 Å². The van der Waals surface area contributed by atoms with Crippen LogP contribution in [0, 0.1) is 0 Å². The zero-order valence-electron chi connectivity index (χ0n) is 28.5. The Balaban J connectivity index is 1.66. The maximum Gasteiger partial charge on any atom is 0.126 e. The Kier molecular flexibility index (Phi) is 11.0. The van der Waals surface area contributed by atoms with Gasteiger partial charge in [0.15, 0.2) is 0 Å². The molecule has 0 saturated carbocycles. The standard InChI is InChI=1S/C39H58N2O2/c1-40(2,3)27-17-11-9-15-25-39(26-16-10-12-18-28-41(4,5)6)36-20-14-13-19-33(36)34-23-21-31(29-37(34)39)35-30-32(42-7)22-24-38(35)43-8/h13-14,19-24,29-30H,9-12,15-18,25-28H2,1-8H3/q+2. The van der Waals surface area contributed by atoms with Crippen molar-refractivity contribution in [1.29, 1.82) is 0 Å². The normalized spacial score (nSPS) is 14.0. The van der Waals surface area contributed by atoms with Gasteiger partial charge in [-0.05, 0) is 90.6 Å². The predicted molar refractivity (Wildman–Crippen MR) is 183 cm³/mol. The summed E-state index contributed by atoms with van der Waals surface area (Å²) in [6.45, 7) is 2.49. The molecule has 1 aliphatic rings. The highest BCUT2D eigenvalue weighted by Gasteiger charge is 2.42. The molecular formula is C39H58N2O2+2. The number of unbranched alkanes of at least 4 members (excludes halogenated alkanes) is 6. The topological polar surface area (TPSA) is 18.5 Å². The summed E-state index contributed by atoms with van der Waals surface area (Å²) < 4.78 is 13.5. The molecule has 234 valence electrons. The van der Waals surface area contributed by atoms with Gasteiger partial charge in [0.05, 0.1) is 69.6 Å². The van der Waals surface area contributed by atoms with E-state index in [4.69, 9.17) is 9.47 Å². The third-order valence-electron chi connectivity index (χ3n) is 9.35. The lowest BCUT2D eigenvalue weighted by atomic mass is 9.70. The van der Waals surface area contributed by atoms with Crippen molar-refractivity contribution in [2.75, 3.05) is 69.6 Å². The van der Waals surface area contributed by atoms with Crippen molar-refractivity contribution >= 4 is 0 Å². The SMILES string of the molecule is COc1ccc(OC)c(-c2ccc3c(c2)C(CCCCCC[N+](C)(C)C)(CCCCCC[N+](C)(C)C)c2ccccc2-3)c1. The number of rotatable bonds is 17. The van der Waals surface area contributed by atoms with Crippen LogP contribution in [0.15, 0.2) is 60.7 Å². The van der Waals surface area contributed by atoms with Gasteiger partial charge in [0.2, 0.25) is 0 Å². The molecule has 0 amide bonds. The van der Waals surface area contributed by atoms with Crippen molar-refractivity contribution in [3.63, 3.8) is 0 Å². The number of methoxy groups -OCH3 is 2. The molecule has 0 saturated heterocycles. The molecule has 0 atom stereocenters. The molecule has 1 aliphatic carbocycles. The Hall–Kier alpha value is -2.82. The fourth-order valence-corrected chi connectivity index (χ4v) is 7.06. The Bertz CT molecular complexity index is 1310. The monoisotopic (exact) mass is 586 g/mol. The van der Waals surface area contributed by atoms with Crippen LogP contribution in [0.2, 0.25) is 0 Å². The van der Waals surface area contributed by atoms with E-state index in [1.165, 1.54) is 105 Å². The number of benzene rings is 3. The van der Waals surface area contributed by atoms with Gasteiger partial charge in [-0.25, -0.2) is 0 Å². The Morgan fingerprint density at radius 1 is 0.535 bits per heavy atom. The highest BCUT2D eigenvalue weighted by Crippen LogP contribution is 2.55. The van der Waals surface area contributed by atoms with Crippen molar-refractivity contribution in [1.82, 2.24) is 0 Å². The molecule has 0 bridgehead atoms. The lowest BCUT2D eigenvalue weighted by molar-refractivity contribution is -0.870. The van der Waals surface area contributed by atoms with Gasteiger partial charge in [-0.1, -0.05) is 62.1 Å². The minimum atomic E-state index is 0.0498. The number of hydrogen-bond donors (Lipinski definition) is 0. The highest BCUT2D eigenvalue weighted by atomic mass is 16.5. The maximum atomic E-state index is 5.83. The minimum Gasteiger partial charge on any atom is -0.497 e. The molecule has 43 heavy (non-hydrogen) atoms. The van der Waals surface area contributed by atoms with Crippen molar-refractivity contribution in [2.45, 2.75) is 69.6 Å². The summed E-state index contributed by atoms with van der Waals surface area (Å²) >= 11 is 0. The Morgan fingerprint density at radius 3 is 1.70 bits per heavy atom. The highest BCUT2D eigenvalue weighted by molar-refractivity contribution is 5.85. The summed E-state index contributed by atoms with van der Waals surface area (Å²) in [6.07, 6.45) is 12.8. The second-order valence-corrected chi connectivity index (χ2v) is 14.8. The zero-order valence-corrected chi connectivity index (χ0v) is 28.5. The average Bonchev–Trinajstić information content (AvgIpc) is 3.24. The first-order chi connectivity index (χ1) is 20.5. The molecule has 0 unspecified atom stereocenters. The second kappa shape index (κ2) is 14.3. The van der Waals surface area contributed by atoms with Crippen molar-refractivity contribution in [3.8, 4) is 33.8 Å². The van der Waals surface area contributed by atoms with E-state index < -0.39 is 0 Å². The van der Waals surface area contributed by atoms with Crippen LogP contribution in [0.1, 0.15) is 75.3 Å². The summed E-state index contributed by atoms with van der Waals surface area (Å²) in [6, 6.07) is 22.5. The van der Waals surface area contributed by atoms with Gasteiger partial charge in [0.1, 0.15) is 11.5 Å². The smallest absolute Gasteiger partial charge is 0.126 e. The van der Waals surface area contributed by atoms with Gasteiger partial charge in [-0.15, -0.1) is 0 Å². The van der Waals surface area contributed by atoms with E-state index in [1.54, 1.807) is 14.2 Å². The molecular weight excluding hydrogens is 528 g/mol. The molecule has 3 aromatic carbocycles. The minimum absolute atomic E-state index is 0.0498. The first-order valence-corrected chi connectivity index (χ1v) is 16.6. The van der Waals surface area contributed by atoms with E-state index >= 15 is 0 Å². The van der Waals surface area contributed by atoms with Gasteiger partial charge < -0.3 is 18.4 Å². The maximum absolute atomic E-state index is 5.83.